The highest BCUT2D eigenvalue weighted by Crippen LogP contribution is 2.34. The van der Waals surface area contributed by atoms with E-state index in [4.69, 9.17) is 34.8 Å². The van der Waals surface area contributed by atoms with Gasteiger partial charge in [-0.2, -0.15) is 5.10 Å². The van der Waals surface area contributed by atoms with Gasteiger partial charge in [-0.1, -0.05) is 40.9 Å². The standard InChI is InChI=1S/C15H7Cl3N4O3/c16-8-4-9-13(11(18)5-8)20-15(23)14(9)21-19-6-7-1-2-10(17)12(3-7)22(24)25/h1-6H,(H,20,21,23). The molecule has 2 aromatic rings. The summed E-state index contributed by atoms with van der Waals surface area (Å²) >= 11 is 17.7. The molecule has 0 unspecified atom stereocenters. The lowest BCUT2D eigenvalue weighted by Gasteiger charge is -2.00. The van der Waals surface area contributed by atoms with E-state index in [1.165, 1.54) is 30.5 Å². The molecule has 0 aromatic heterocycles. The van der Waals surface area contributed by atoms with Gasteiger partial charge in [-0.25, -0.2) is 0 Å². The molecular formula is C15H7Cl3N4O3. The zero-order chi connectivity index (χ0) is 18.1. The molecule has 1 aliphatic heterocycles. The largest absolute Gasteiger partial charge is 0.319 e. The van der Waals surface area contributed by atoms with Crippen molar-refractivity contribution in [1.29, 1.82) is 0 Å². The number of anilines is 1. The summed E-state index contributed by atoms with van der Waals surface area (Å²) in [5.41, 5.74) is 1.04. The van der Waals surface area contributed by atoms with Crippen molar-refractivity contribution in [2.45, 2.75) is 0 Å². The predicted octanol–water partition coefficient (Wildman–Crippen LogP) is 4.33. The van der Waals surface area contributed by atoms with Crippen molar-refractivity contribution >= 4 is 64.0 Å². The molecule has 3 rings (SSSR count). The highest BCUT2D eigenvalue weighted by molar-refractivity contribution is 6.56. The first kappa shape index (κ1) is 17.3. The average Bonchev–Trinajstić information content (AvgIpc) is 2.85. The maximum atomic E-state index is 12.0. The van der Waals surface area contributed by atoms with Gasteiger partial charge in [-0.3, -0.25) is 14.9 Å². The summed E-state index contributed by atoms with van der Waals surface area (Å²) in [7, 11) is 0. The van der Waals surface area contributed by atoms with Gasteiger partial charge in [-0.15, -0.1) is 5.10 Å². The molecule has 0 radical (unpaired) electrons. The number of nitro groups is 1. The van der Waals surface area contributed by atoms with Gasteiger partial charge in [-0.05, 0) is 18.2 Å². The minimum atomic E-state index is -0.601. The number of carbonyl (C=O) groups excluding carboxylic acids is 1. The predicted molar refractivity (Wildman–Crippen MR) is 97.3 cm³/mol. The Kier molecular flexibility index (Phi) is 4.71. The van der Waals surface area contributed by atoms with E-state index in [2.05, 4.69) is 15.5 Å². The second-order valence-corrected chi connectivity index (χ2v) is 6.18. The molecule has 1 N–H and O–H groups in total. The number of amides is 1. The molecule has 25 heavy (non-hydrogen) atoms. The number of nitrogens with one attached hydrogen (secondary N) is 1. The molecule has 0 bridgehead atoms. The average molecular weight is 398 g/mol. The summed E-state index contributed by atoms with van der Waals surface area (Å²) in [5, 5.41) is 21.8. The van der Waals surface area contributed by atoms with Crippen LogP contribution >= 0.6 is 34.8 Å². The number of nitrogens with zero attached hydrogens (tertiary/aromatic N) is 3. The molecule has 0 aliphatic carbocycles. The van der Waals surface area contributed by atoms with Gasteiger partial charge in [0.1, 0.15) is 5.02 Å². The minimum absolute atomic E-state index is 0.0156. The maximum absolute atomic E-state index is 12.0. The summed E-state index contributed by atoms with van der Waals surface area (Å²) in [4.78, 5) is 22.3. The van der Waals surface area contributed by atoms with Crippen molar-refractivity contribution in [3.63, 3.8) is 0 Å². The van der Waals surface area contributed by atoms with Crippen molar-refractivity contribution < 1.29 is 9.72 Å². The minimum Gasteiger partial charge on any atom is -0.319 e. The van der Waals surface area contributed by atoms with Crippen molar-refractivity contribution in [2.75, 3.05) is 5.32 Å². The van der Waals surface area contributed by atoms with Crippen molar-refractivity contribution in [2.24, 2.45) is 10.2 Å². The van der Waals surface area contributed by atoms with E-state index in [0.29, 0.717) is 26.9 Å². The molecule has 0 atom stereocenters. The van der Waals surface area contributed by atoms with Gasteiger partial charge in [0.05, 0.1) is 21.8 Å². The summed E-state index contributed by atoms with van der Waals surface area (Å²) in [6.45, 7) is 0. The summed E-state index contributed by atoms with van der Waals surface area (Å²) in [5.74, 6) is -0.474. The summed E-state index contributed by atoms with van der Waals surface area (Å²) < 4.78 is 0. The van der Waals surface area contributed by atoms with Crippen LogP contribution in [-0.4, -0.2) is 22.8 Å². The van der Waals surface area contributed by atoms with Crippen molar-refractivity contribution in [3.8, 4) is 0 Å². The lowest BCUT2D eigenvalue weighted by Crippen LogP contribution is -2.13. The van der Waals surface area contributed by atoms with E-state index in [0.717, 1.165) is 0 Å². The maximum Gasteiger partial charge on any atom is 0.288 e. The molecule has 1 aliphatic rings. The molecule has 2 aromatic carbocycles. The van der Waals surface area contributed by atoms with Crippen LogP contribution in [0.1, 0.15) is 11.1 Å². The van der Waals surface area contributed by atoms with Gasteiger partial charge in [0, 0.05) is 22.2 Å². The van der Waals surface area contributed by atoms with Crippen LogP contribution in [0.15, 0.2) is 40.5 Å². The van der Waals surface area contributed by atoms with E-state index in [9.17, 15) is 14.9 Å². The van der Waals surface area contributed by atoms with E-state index in [1.54, 1.807) is 6.07 Å². The second kappa shape index (κ2) is 6.79. The molecule has 1 amide bonds. The Hall–Kier alpha value is -2.48. The second-order valence-electron chi connectivity index (χ2n) is 4.93. The molecule has 7 nitrogen and oxygen atoms in total. The molecule has 1 heterocycles. The van der Waals surface area contributed by atoms with Gasteiger partial charge >= 0.3 is 0 Å². The van der Waals surface area contributed by atoms with Crippen LogP contribution in [0.5, 0.6) is 0 Å². The monoisotopic (exact) mass is 396 g/mol. The van der Waals surface area contributed by atoms with Gasteiger partial charge in [0.25, 0.3) is 11.6 Å². The molecule has 126 valence electrons. The zero-order valence-electron chi connectivity index (χ0n) is 12.2. The number of fused-ring (bicyclic) bond motifs is 1. The Morgan fingerprint density at radius 2 is 1.88 bits per heavy atom. The highest BCUT2D eigenvalue weighted by atomic mass is 35.5. The van der Waals surface area contributed by atoms with E-state index >= 15 is 0 Å². The Morgan fingerprint density at radius 3 is 2.60 bits per heavy atom. The molecule has 10 heteroatoms. The number of halogens is 3. The lowest BCUT2D eigenvalue weighted by molar-refractivity contribution is -0.384. The third-order valence-electron chi connectivity index (χ3n) is 3.30. The number of hydrogen-bond acceptors (Lipinski definition) is 5. The Balaban J connectivity index is 1.93. The van der Waals surface area contributed by atoms with Crippen molar-refractivity contribution in [1.82, 2.24) is 0 Å². The summed E-state index contributed by atoms with van der Waals surface area (Å²) in [6, 6.07) is 7.21. The Bertz CT molecular complexity index is 973. The fourth-order valence-corrected chi connectivity index (χ4v) is 2.91. The first-order chi connectivity index (χ1) is 11.9. The highest BCUT2D eigenvalue weighted by Gasteiger charge is 2.28. The number of benzene rings is 2. The van der Waals surface area contributed by atoms with E-state index in [1.807, 2.05) is 0 Å². The third kappa shape index (κ3) is 3.48. The number of rotatable bonds is 3. The molecular weight excluding hydrogens is 391 g/mol. The third-order valence-corrected chi connectivity index (χ3v) is 4.13. The van der Waals surface area contributed by atoms with Crippen LogP contribution < -0.4 is 5.32 Å². The Morgan fingerprint density at radius 1 is 1.12 bits per heavy atom. The first-order valence-electron chi connectivity index (χ1n) is 6.72. The zero-order valence-corrected chi connectivity index (χ0v) is 14.4. The topological polar surface area (TPSA) is 97.0 Å². The number of hydrogen-bond donors (Lipinski definition) is 1. The Labute approximate surface area is 156 Å². The normalized spacial score (nSPS) is 14.8. The fraction of sp³-hybridized carbons (Fsp3) is 0. The molecule has 0 spiro atoms. The van der Waals surface area contributed by atoms with Gasteiger partial charge in [0.15, 0.2) is 5.71 Å². The van der Waals surface area contributed by atoms with Gasteiger partial charge < -0.3 is 5.32 Å². The smallest absolute Gasteiger partial charge is 0.288 e. The molecule has 0 saturated heterocycles. The quantitative estimate of drug-likeness (QED) is 0.474. The first-order valence-corrected chi connectivity index (χ1v) is 7.86. The molecule has 0 fully saturated rings. The van der Waals surface area contributed by atoms with Crippen LogP contribution in [0.3, 0.4) is 0 Å². The SMILES string of the molecule is O=C1Nc2c(Cl)cc(Cl)cc2C1=NN=Cc1ccc(Cl)c([N+](=O)[O-])c1. The van der Waals surface area contributed by atoms with Crippen LogP contribution in [-0.2, 0) is 4.79 Å². The number of carbonyl (C=O) groups is 1. The van der Waals surface area contributed by atoms with Crippen LogP contribution in [0.25, 0.3) is 0 Å². The van der Waals surface area contributed by atoms with Crippen LogP contribution in [0, 0.1) is 10.1 Å². The van der Waals surface area contributed by atoms with E-state index in [-0.39, 0.29) is 16.4 Å². The lowest BCUT2D eigenvalue weighted by atomic mass is 10.1. The van der Waals surface area contributed by atoms with Crippen molar-refractivity contribution in [3.05, 3.63) is 66.6 Å². The summed E-state index contributed by atoms with van der Waals surface area (Å²) in [6.07, 6.45) is 1.27. The molecule has 0 saturated carbocycles. The van der Waals surface area contributed by atoms with E-state index < -0.39 is 10.8 Å². The number of nitro benzene ring substituents is 1. The van der Waals surface area contributed by atoms with Gasteiger partial charge in [0.2, 0.25) is 0 Å². The van der Waals surface area contributed by atoms with Crippen LogP contribution in [0.2, 0.25) is 15.1 Å². The van der Waals surface area contributed by atoms with Crippen LogP contribution in [0.4, 0.5) is 11.4 Å². The fourth-order valence-electron chi connectivity index (χ4n) is 2.18.